The van der Waals surface area contributed by atoms with Crippen molar-refractivity contribution in [3.05, 3.63) is 64.0 Å². The minimum absolute atomic E-state index is 0.358. The smallest absolute Gasteiger partial charge is 0.0708 e. The minimum Gasteiger partial charge on any atom is -0.313 e. The Bertz CT molecular complexity index is 719. The van der Waals surface area contributed by atoms with Gasteiger partial charge in [-0.15, -0.1) is 0 Å². The van der Waals surface area contributed by atoms with Gasteiger partial charge in [-0.2, -0.15) is 11.3 Å². The van der Waals surface area contributed by atoms with Gasteiger partial charge in [-0.25, -0.2) is 0 Å². The zero-order valence-electron chi connectivity index (χ0n) is 12.5. The number of rotatable bonds is 5. The number of para-hydroxylation sites is 1. The molecule has 1 atom stereocenters. The molecule has 0 radical (unpaired) electrons. The largest absolute Gasteiger partial charge is 0.313 e. The van der Waals surface area contributed by atoms with Crippen molar-refractivity contribution in [3.8, 4) is 0 Å². The van der Waals surface area contributed by atoms with E-state index in [-0.39, 0.29) is 0 Å². The van der Waals surface area contributed by atoms with Gasteiger partial charge in [0, 0.05) is 17.1 Å². The molecule has 1 N–H and O–H groups in total. The van der Waals surface area contributed by atoms with E-state index in [1.807, 2.05) is 7.05 Å². The average Bonchev–Trinajstić information content (AvgIpc) is 3.01. The number of pyridine rings is 1. The summed E-state index contributed by atoms with van der Waals surface area (Å²) >= 11 is 1.77. The van der Waals surface area contributed by atoms with Crippen LogP contribution in [0.4, 0.5) is 0 Å². The first-order chi connectivity index (χ1) is 10.3. The third kappa shape index (κ3) is 3.14. The van der Waals surface area contributed by atoms with Gasteiger partial charge in [0.05, 0.1) is 5.52 Å². The van der Waals surface area contributed by atoms with Gasteiger partial charge in [-0.05, 0) is 66.9 Å². The summed E-state index contributed by atoms with van der Waals surface area (Å²) in [6.45, 7) is 2.07. The molecule has 3 heteroatoms. The fraction of sp³-hybridized carbons (Fsp3) is 0.278. The highest BCUT2D eigenvalue weighted by Gasteiger charge is 2.14. The second-order valence-corrected chi connectivity index (χ2v) is 6.16. The first-order valence-corrected chi connectivity index (χ1v) is 8.27. The molecule has 0 saturated carbocycles. The van der Waals surface area contributed by atoms with Crippen molar-refractivity contribution >= 4 is 22.2 Å². The molecule has 3 aromatic rings. The van der Waals surface area contributed by atoms with Crippen molar-refractivity contribution < 1.29 is 0 Å². The molecule has 0 fully saturated rings. The summed E-state index contributed by atoms with van der Waals surface area (Å²) in [5.74, 6) is 0. The Labute approximate surface area is 129 Å². The van der Waals surface area contributed by atoms with Gasteiger partial charge in [0.15, 0.2) is 0 Å². The molecule has 2 heterocycles. The van der Waals surface area contributed by atoms with Crippen molar-refractivity contribution in [2.75, 3.05) is 7.05 Å². The fourth-order valence-electron chi connectivity index (χ4n) is 2.83. The predicted octanol–water partition coefficient (Wildman–Crippen LogP) is 4.50. The van der Waals surface area contributed by atoms with E-state index >= 15 is 0 Å². The molecule has 0 aliphatic heterocycles. The molecule has 108 valence electrons. The maximum absolute atomic E-state index is 4.64. The van der Waals surface area contributed by atoms with Crippen LogP contribution < -0.4 is 5.32 Å². The van der Waals surface area contributed by atoms with E-state index in [0.717, 1.165) is 24.1 Å². The van der Waals surface area contributed by atoms with Crippen molar-refractivity contribution in [1.82, 2.24) is 10.3 Å². The van der Waals surface area contributed by atoms with E-state index in [1.165, 1.54) is 16.5 Å². The molecule has 0 spiro atoms. The van der Waals surface area contributed by atoms with Crippen LogP contribution in [0.2, 0.25) is 0 Å². The monoisotopic (exact) mass is 296 g/mol. The van der Waals surface area contributed by atoms with Crippen LogP contribution in [0.5, 0.6) is 0 Å². The second-order valence-electron chi connectivity index (χ2n) is 5.38. The van der Waals surface area contributed by atoms with Crippen LogP contribution in [0, 0.1) is 6.92 Å². The number of thiophene rings is 1. The average molecular weight is 296 g/mol. The number of hydrogen-bond acceptors (Lipinski definition) is 3. The molecule has 0 bridgehead atoms. The molecule has 2 aromatic heterocycles. The summed E-state index contributed by atoms with van der Waals surface area (Å²) < 4.78 is 0. The number of nitrogens with zero attached hydrogens (tertiary/aromatic N) is 1. The van der Waals surface area contributed by atoms with Gasteiger partial charge in [0.25, 0.3) is 0 Å². The Morgan fingerprint density at radius 1 is 1.24 bits per heavy atom. The number of fused-ring (bicyclic) bond motifs is 1. The van der Waals surface area contributed by atoms with Crippen LogP contribution >= 0.6 is 11.3 Å². The lowest BCUT2D eigenvalue weighted by Crippen LogP contribution is -2.18. The normalized spacial score (nSPS) is 12.7. The Morgan fingerprint density at radius 2 is 2.10 bits per heavy atom. The summed E-state index contributed by atoms with van der Waals surface area (Å²) in [7, 11) is 2.04. The minimum atomic E-state index is 0.358. The Hall–Kier alpha value is -1.71. The number of aromatic nitrogens is 1. The van der Waals surface area contributed by atoms with E-state index < -0.39 is 0 Å². The molecular weight excluding hydrogens is 276 g/mol. The number of nitrogens with one attached hydrogen (secondary N) is 1. The van der Waals surface area contributed by atoms with Gasteiger partial charge < -0.3 is 5.32 Å². The van der Waals surface area contributed by atoms with Crippen LogP contribution in [0.3, 0.4) is 0 Å². The van der Waals surface area contributed by atoms with Gasteiger partial charge in [0.2, 0.25) is 0 Å². The quantitative estimate of drug-likeness (QED) is 0.750. The maximum Gasteiger partial charge on any atom is 0.0708 e. The van der Waals surface area contributed by atoms with E-state index in [1.54, 1.807) is 11.3 Å². The molecule has 0 aliphatic rings. The molecule has 0 aliphatic carbocycles. The molecule has 0 amide bonds. The standard InChI is InChI=1S/C18H20N2S/c1-13-11-16(15-5-3-4-6-18(15)20-13)17(19-2)8-7-14-9-10-21-12-14/h3-6,9-12,17,19H,7-8H2,1-2H3. The van der Waals surface area contributed by atoms with Crippen molar-refractivity contribution in [3.63, 3.8) is 0 Å². The molecule has 1 aromatic carbocycles. The maximum atomic E-state index is 4.64. The van der Waals surface area contributed by atoms with Crippen molar-refractivity contribution in [2.24, 2.45) is 0 Å². The molecule has 0 saturated heterocycles. The topological polar surface area (TPSA) is 24.9 Å². The SMILES string of the molecule is CNC(CCc1ccsc1)c1cc(C)nc2ccccc12. The van der Waals surface area contributed by atoms with Gasteiger partial charge in [-0.1, -0.05) is 18.2 Å². The first kappa shape index (κ1) is 14.2. The fourth-order valence-corrected chi connectivity index (χ4v) is 3.53. The van der Waals surface area contributed by atoms with Crippen LogP contribution in [-0.2, 0) is 6.42 Å². The summed E-state index contributed by atoms with van der Waals surface area (Å²) in [6, 6.07) is 13.2. The van der Waals surface area contributed by atoms with Crippen LogP contribution in [0.25, 0.3) is 10.9 Å². The van der Waals surface area contributed by atoms with Gasteiger partial charge >= 0.3 is 0 Å². The predicted molar refractivity (Wildman–Crippen MR) is 90.9 cm³/mol. The Morgan fingerprint density at radius 3 is 2.86 bits per heavy atom. The molecule has 3 rings (SSSR count). The van der Waals surface area contributed by atoms with Crippen LogP contribution in [0.15, 0.2) is 47.2 Å². The van der Waals surface area contributed by atoms with Crippen molar-refractivity contribution in [2.45, 2.75) is 25.8 Å². The lowest BCUT2D eigenvalue weighted by atomic mass is 9.96. The molecule has 1 unspecified atom stereocenters. The number of benzene rings is 1. The molecular formula is C18H20N2S. The van der Waals surface area contributed by atoms with E-state index in [0.29, 0.717) is 6.04 Å². The Kier molecular flexibility index (Phi) is 4.32. The molecule has 21 heavy (non-hydrogen) atoms. The highest BCUT2D eigenvalue weighted by atomic mass is 32.1. The lowest BCUT2D eigenvalue weighted by molar-refractivity contribution is 0.552. The van der Waals surface area contributed by atoms with Crippen LogP contribution in [0.1, 0.15) is 29.3 Å². The van der Waals surface area contributed by atoms with E-state index in [2.05, 4.69) is 64.4 Å². The summed E-state index contributed by atoms with van der Waals surface area (Å²) in [5, 5.41) is 9.12. The first-order valence-electron chi connectivity index (χ1n) is 7.32. The van der Waals surface area contributed by atoms with Crippen molar-refractivity contribution in [1.29, 1.82) is 0 Å². The lowest BCUT2D eigenvalue weighted by Gasteiger charge is -2.19. The zero-order chi connectivity index (χ0) is 14.7. The highest BCUT2D eigenvalue weighted by molar-refractivity contribution is 7.07. The van der Waals surface area contributed by atoms with E-state index in [4.69, 9.17) is 0 Å². The third-order valence-corrected chi connectivity index (χ3v) is 4.63. The van der Waals surface area contributed by atoms with Gasteiger partial charge in [-0.3, -0.25) is 4.98 Å². The van der Waals surface area contributed by atoms with E-state index in [9.17, 15) is 0 Å². The molecule has 2 nitrogen and oxygen atoms in total. The Balaban J connectivity index is 1.92. The summed E-state index contributed by atoms with van der Waals surface area (Å²) in [5.41, 5.74) is 4.95. The third-order valence-electron chi connectivity index (χ3n) is 3.90. The number of aryl methyl sites for hydroxylation is 2. The summed E-state index contributed by atoms with van der Waals surface area (Å²) in [4.78, 5) is 4.64. The summed E-state index contributed by atoms with van der Waals surface area (Å²) in [6.07, 6.45) is 2.20. The number of hydrogen-bond donors (Lipinski definition) is 1. The zero-order valence-corrected chi connectivity index (χ0v) is 13.3. The highest BCUT2D eigenvalue weighted by Crippen LogP contribution is 2.27. The second kappa shape index (κ2) is 6.37. The van der Waals surface area contributed by atoms with Crippen LogP contribution in [-0.4, -0.2) is 12.0 Å². The van der Waals surface area contributed by atoms with Gasteiger partial charge in [0.1, 0.15) is 0 Å².